The summed E-state index contributed by atoms with van der Waals surface area (Å²) in [7, 11) is 0. The van der Waals surface area contributed by atoms with E-state index in [2.05, 4.69) is 15.5 Å². The number of amides is 1. The van der Waals surface area contributed by atoms with E-state index in [0.717, 1.165) is 12.1 Å². The number of aromatic amines is 1. The van der Waals surface area contributed by atoms with Crippen molar-refractivity contribution in [1.29, 1.82) is 0 Å². The van der Waals surface area contributed by atoms with Crippen molar-refractivity contribution in [2.45, 2.75) is 13.3 Å². The van der Waals surface area contributed by atoms with Crippen LogP contribution >= 0.6 is 11.6 Å². The molecule has 0 saturated carbocycles. The van der Waals surface area contributed by atoms with Gasteiger partial charge in [-0.3, -0.25) is 9.89 Å². The molecule has 0 aliphatic carbocycles. The highest BCUT2D eigenvalue weighted by atomic mass is 35.5. The summed E-state index contributed by atoms with van der Waals surface area (Å²) in [6, 6.07) is 6.70. The van der Waals surface area contributed by atoms with Crippen molar-refractivity contribution in [1.82, 2.24) is 10.2 Å². The van der Waals surface area contributed by atoms with E-state index in [0.29, 0.717) is 16.4 Å². The molecule has 0 saturated heterocycles. The number of carbonyl (C=O) groups is 1. The minimum atomic E-state index is -0.329. The molecule has 2 aromatic rings. The Kier molecular flexibility index (Phi) is 3.53. The molecule has 94 valence electrons. The predicted molar refractivity (Wildman–Crippen MR) is 71.8 cm³/mol. The van der Waals surface area contributed by atoms with Gasteiger partial charge in [-0.1, -0.05) is 24.6 Å². The van der Waals surface area contributed by atoms with Gasteiger partial charge in [0.15, 0.2) is 5.82 Å². The van der Waals surface area contributed by atoms with Crippen molar-refractivity contribution in [2.75, 3.05) is 11.1 Å². The Hall–Kier alpha value is -2.01. The summed E-state index contributed by atoms with van der Waals surface area (Å²) >= 11 is 5.86. The van der Waals surface area contributed by atoms with E-state index in [-0.39, 0.29) is 11.6 Å². The average Bonchev–Trinajstić information content (AvgIpc) is 2.80. The molecule has 0 radical (unpaired) electrons. The zero-order valence-electron chi connectivity index (χ0n) is 9.83. The summed E-state index contributed by atoms with van der Waals surface area (Å²) in [6.07, 6.45) is 0.822. The number of halogens is 1. The number of hydrogen-bond acceptors (Lipinski definition) is 3. The molecule has 18 heavy (non-hydrogen) atoms. The molecule has 2 rings (SSSR count). The molecular weight excluding hydrogens is 252 g/mol. The predicted octanol–water partition coefficient (Wildman–Crippen LogP) is 2.46. The number of nitrogens with zero attached hydrogens (tertiary/aromatic N) is 1. The van der Waals surface area contributed by atoms with Crippen LogP contribution in [0.4, 0.5) is 11.5 Å². The van der Waals surface area contributed by atoms with Crippen LogP contribution in [-0.4, -0.2) is 16.1 Å². The van der Waals surface area contributed by atoms with Crippen molar-refractivity contribution >= 4 is 29.0 Å². The number of anilines is 2. The van der Waals surface area contributed by atoms with Crippen LogP contribution in [0, 0.1) is 0 Å². The lowest BCUT2D eigenvalue weighted by Gasteiger charge is -2.06. The van der Waals surface area contributed by atoms with Gasteiger partial charge < -0.3 is 11.1 Å². The molecule has 6 heteroatoms. The normalized spacial score (nSPS) is 10.3. The minimum absolute atomic E-state index is 0.267. The Bertz CT molecular complexity index is 579. The summed E-state index contributed by atoms with van der Waals surface area (Å²) in [5.74, 6) is 0.139. The maximum Gasteiger partial charge on any atom is 0.259 e. The zero-order chi connectivity index (χ0) is 13.1. The van der Waals surface area contributed by atoms with Crippen LogP contribution in [0.3, 0.4) is 0 Å². The van der Waals surface area contributed by atoms with Gasteiger partial charge in [-0.25, -0.2) is 0 Å². The van der Waals surface area contributed by atoms with Crippen LogP contribution in [0.1, 0.15) is 23.0 Å². The van der Waals surface area contributed by atoms with E-state index < -0.39 is 0 Å². The highest BCUT2D eigenvalue weighted by Crippen LogP contribution is 2.23. The Morgan fingerprint density at radius 3 is 3.00 bits per heavy atom. The first-order valence-electron chi connectivity index (χ1n) is 5.51. The third-order valence-electron chi connectivity index (χ3n) is 2.55. The molecule has 1 amide bonds. The number of para-hydroxylation sites is 1. The number of hydrogen-bond donors (Lipinski definition) is 3. The van der Waals surface area contributed by atoms with Gasteiger partial charge in [0.05, 0.1) is 16.3 Å². The SMILES string of the molecule is CCc1cc(NC(=O)c2cccc(Cl)c2N)n[nH]1. The molecule has 0 unspecified atom stereocenters. The number of rotatable bonds is 3. The topological polar surface area (TPSA) is 83.8 Å². The smallest absolute Gasteiger partial charge is 0.259 e. The quantitative estimate of drug-likeness (QED) is 0.745. The molecule has 0 bridgehead atoms. The second-order valence-electron chi connectivity index (χ2n) is 3.79. The summed E-state index contributed by atoms with van der Waals surface area (Å²) < 4.78 is 0. The van der Waals surface area contributed by atoms with Crippen LogP contribution in [0.5, 0.6) is 0 Å². The number of aromatic nitrogens is 2. The van der Waals surface area contributed by atoms with E-state index in [1.54, 1.807) is 24.3 Å². The highest BCUT2D eigenvalue weighted by molar-refractivity contribution is 6.34. The number of benzene rings is 1. The number of nitrogen functional groups attached to an aromatic ring is 1. The van der Waals surface area contributed by atoms with Gasteiger partial charge in [-0.05, 0) is 18.6 Å². The van der Waals surface area contributed by atoms with E-state index in [4.69, 9.17) is 17.3 Å². The number of carbonyl (C=O) groups excluding carboxylic acids is 1. The van der Waals surface area contributed by atoms with Crippen LogP contribution in [0.25, 0.3) is 0 Å². The number of nitrogens with one attached hydrogen (secondary N) is 2. The lowest BCUT2D eigenvalue weighted by Crippen LogP contribution is -2.14. The molecule has 0 aliphatic heterocycles. The first kappa shape index (κ1) is 12.4. The molecule has 1 heterocycles. The standard InChI is InChI=1S/C12H13ClN4O/c1-2-7-6-10(17-16-7)15-12(18)8-4-3-5-9(13)11(8)14/h3-6H,2,14H2,1H3,(H2,15,16,17,18). The lowest BCUT2D eigenvalue weighted by atomic mass is 10.1. The third-order valence-corrected chi connectivity index (χ3v) is 2.88. The van der Waals surface area contributed by atoms with E-state index >= 15 is 0 Å². The first-order chi connectivity index (χ1) is 8.61. The molecule has 0 atom stereocenters. The van der Waals surface area contributed by atoms with E-state index in [1.165, 1.54) is 0 Å². The molecule has 5 nitrogen and oxygen atoms in total. The summed E-state index contributed by atoms with van der Waals surface area (Å²) in [6.45, 7) is 1.99. The maximum atomic E-state index is 12.0. The molecule has 1 aromatic carbocycles. The molecule has 0 aliphatic rings. The van der Waals surface area contributed by atoms with Crippen LogP contribution < -0.4 is 11.1 Å². The Labute approximate surface area is 109 Å². The second-order valence-corrected chi connectivity index (χ2v) is 4.19. The van der Waals surface area contributed by atoms with Crippen molar-refractivity contribution < 1.29 is 4.79 Å². The van der Waals surface area contributed by atoms with Gasteiger partial charge in [0.1, 0.15) is 0 Å². The minimum Gasteiger partial charge on any atom is -0.397 e. The van der Waals surface area contributed by atoms with Gasteiger partial charge in [0.25, 0.3) is 5.91 Å². The molecule has 4 N–H and O–H groups in total. The third kappa shape index (κ3) is 2.46. The van der Waals surface area contributed by atoms with Crippen LogP contribution in [0.2, 0.25) is 5.02 Å². The van der Waals surface area contributed by atoms with Gasteiger partial charge >= 0.3 is 0 Å². The number of nitrogens with two attached hydrogens (primary N) is 1. The van der Waals surface area contributed by atoms with Crippen LogP contribution in [0.15, 0.2) is 24.3 Å². The number of aryl methyl sites for hydroxylation is 1. The van der Waals surface area contributed by atoms with Crippen molar-refractivity contribution in [3.63, 3.8) is 0 Å². The van der Waals surface area contributed by atoms with E-state index in [1.807, 2.05) is 6.92 Å². The maximum absolute atomic E-state index is 12.0. The van der Waals surface area contributed by atoms with Gasteiger partial charge in [0, 0.05) is 11.8 Å². The summed E-state index contributed by atoms with van der Waals surface area (Å²) in [5.41, 5.74) is 7.30. The Morgan fingerprint density at radius 2 is 2.33 bits per heavy atom. The van der Waals surface area contributed by atoms with Gasteiger partial charge in [-0.15, -0.1) is 0 Å². The van der Waals surface area contributed by atoms with Gasteiger partial charge in [-0.2, -0.15) is 5.10 Å². The zero-order valence-corrected chi connectivity index (χ0v) is 10.6. The van der Waals surface area contributed by atoms with E-state index in [9.17, 15) is 4.79 Å². The number of H-pyrrole nitrogens is 1. The van der Waals surface area contributed by atoms with Gasteiger partial charge in [0.2, 0.25) is 0 Å². The van der Waals surface area contributed by atoms with Crippen molar-refractivity contribution in [3.05, 3.63) is 40.5 Å². The summed E-state index contributed by atoms with van der Waals surface area (Å²) in [4.78, 5) is 12.0. The largest absolute Gasteiger partial charge is 0.397 e. The molecule has 0 spiro atoms. The molecular formula is C12H13ClN4O. The lowest BCUT2D eigenvalue weighted by molar-refractivity contribution is 0.102. The van der Waals surface area contributed by atoms with Crippen LogP contribution in [-0.2, 0) is 6.42 Å². The fourth-order valence-corrected chi connectivity index (χ4v) is 1.70. The molecule has 1 aromatic heterocycles. The Morgan fingerprint density at radius 1 is 1.56 bits per heavy atom. The fraction of sp³-hybridized carbons (Fsp3) is 0.167. The average molecular weight is 265 g/mol. The second kappa shape index (κ2) is 5.10. The van der Waals surface area contributed by atoms with Crippen molar-refractivity contribution in [3.8, 4) is 0 Å². The molecule has 0 fully saturated rings. The Balaban J connectivity index is 2.19. The monoisotopic (exact) mass is 264 g/mol. The summed E-state index contributed by atoms with van der Waals surface area (Å²) in [5, 5.41) is 9.81. The first-order valence-corrected chi connectivity index (χ1v) is 5.89. The van der Waals surface area contributed by atoms with Crippen molar-refractivity contribution in [2.24, 2.45) is 0 Å². The highest BCUT2D eigenvalue weighted by Gasteiger charge is 2.13. The fourth-order valence-electron chi connectivity index (χ4n) is 1.53.